The van der Waals surface area contributed by atoms with E-state index in [2.05, 4.69) is 10.6 Å². The third-order valence-electron chi connectivity index (χ3n) is 5.27. The van der Waals surface area contributed by atoms with Crippen LogP contribution in [0, 0.1) is 11.7 Å². The molecule has 27 heavy (non-hydrogen) atoms. The quantitative estimate of drug-likeness (QED) is 0.807. The third kappa shape index (κ3) is 4.35. The monoisotopic (exact) mass is 368 g/mol. The molecule has 0 heterocycles. The molecule has 2 atom stereocenters. The van der Waals surface area contributed by atoms with Gasteiger partial charge in [0.2, 0.25) is 5.91 Å². The van der Waals surface area contributed by atoms with Gasteiger partial charge in [-0.25, -0.2) is 4.39 Å². The molecule has 3 rings (SSSR count). The second-order valence-electron chi connectivity index (χ2n) is 7.14. The number of anilines is 1. The Morgan fingerprint density at radius 1 is 1.11 bits per heavy atom. The number of hydrogen-bond acceptors (Lipinski definition) is 2. The second kappa shape index (κ2) is 8.33. The van der Waals surface area contributed by atoms with Crippen molar-refractivity contribution in [3.63, 3.8) is 0 Å². The predicted molar refractivity (Wildman–Crippen MR) is 104 cm³/mol. The van der Waals surface area contributed by atoms with Gasteiger partial charge in [0.1, 0.15) is 11.9 Å². The lowest BCUT2D eigenvalue weighted by Crippen LogP contribution is -2.47. The van der Waals surface area contributed by atoms with Gasteiger partial charge in [-0.2, -0.15) is 0 Å². The molecule has 0 saturated carbocycles. The number of amides is 2. The Morgan fingerprint density at radius 3 is 2.59 bits per heavy atom. The molecule has 0 spiro atoms. The summed E-state index contributed by atoms with van der Waals surface area (Å²) in [5.74, 6) is -1.55. The van der Waals surface area contributed by atoms with E-state index in [-0.39, 0.29) is 17.4 Å². The molecule has 2 aromatic carbocycles. The number of nitrogens with one attached hydrogen (secondary N) is 2. The molecule has 1 aliphatic rings. The zero-order chi connectivity index (χ0) is 19.4. The van der Waals surface area contributed by atoms with Crippen LogP contribution in [-0.4, -0.2) is 17.9 Å². The average Bonchev–Trinajstić information content (AvgIpc) is 3.13. The summed E-state index contributed by atoms with van der Waals surface area (Å²) in [5, 5.41) is 5.62. The molecular weight excluding hydrogens is 343 g/mol. The minimum atomic E-state index is -0.740. The van der Waals surface area contributed by atoms with E-state index >= 15 is 0 Å². The Hall–Kier alpha value is -2.69. The number of carbonyl (C=O) groups is 2. The molecule has 0 bridgehead atoms. The molecule has 142 valence electrons. The molecule has 0 aliphatic heterocycles. The van der Waals surface area contributed by atoms with Crippen molar-refractivity contribution >= 4 is 17.5 Å². The molecule has 0 radical (unpaired) electrons. The van der Waals surface area contributed by atoms with Crippen LogP contribution in [-0.2, 0) is 17.6 Å². The SMILES string of the molecule is CCC(C)C(NC(=O)c1ccccc1F)C(=O)Nc1ccc2c(c1)CCC2. The average molecular weight is 368 g/mol. The van der Waals surface area contributed by atoms with Gasteiger partial charge in [0, 0.05) is 5.69 Å². The molecule has 2 aromatic rings. The summed E-state index contributed by atoms with van der Waals surface area (Å²) in [6.07, 6.45) is 3.95. The van der Waals surface area contributed by atoms with Gasteiger partial charge in [-0.15, -0.1) is 0 Å². The van der Waals surface area contributed by atoms with Crippen LogP contribution in [0.15, 0.2) is 42.5 Å². The maximum absolute atomic E-state index is 13.9. The Morgan fingerprint density at radius 2 is 1.85 bits per heavy atom. The largest absolute Gasteiger partial charge is 0.340 e. The van der Waals surface area contributed by atoms with Crippen molar-refractivity contribution in [2.24, 2.45) is 5.92 Å². The van der Waals surface area contributed by atoms with Crippen LogP contribution in [0.2, 0.25) is 0 Å². The topological polar surface area (TPSA) is 58.2 Å². The molecule has 0 saturated heterocycles. The van der Waals surface area contributed by atoms with Crippen LogP contribution in [0.25, 0.3) is 0 Å². The summed E-state index contributed by atoms with van der Waals surface area (Å²) in [5.41, 5.74) is 3.27. The summed E-state index contributed by atoms with van der Waals surface area (Å²) >= 11 is 0. The van der Waals surface area contributed by atoms with Crippen LogP contribution in [0.5, 0.6) is 0 Å². The van der Waals surface area contributed by atoms with E-state index in [1.807, 2.05) is 32.0 Å². The normalized spacial score (nSPS) is 14.9. The van der Waals surface area contributed by atoms with Crippen molar-refractivity contribution in [1.29, 1.82) is 0 Å². The lowest BCUT2D eigenvalue weighted by molar-refractivity contribution is -0.119. The second-order valence-corrected chi connectivity index (χ2v) is 7.14. The summed E-state index contributed by atoms with van der Waals surface area (Å²) in [4.78, 5) is 25.3. The number of benzene rings is 2. The van der Waals surface area contributed by atoms with Crippen molar-refractivity contribution in [3.05, 3.63) is 65.0 Å². The van der Waals surface area contributed by atoms with Crippen molar-refractivity contribution in [2.75, 3.05) is 5.32 Å². The zero-order valence-electron chi connectivity index (χ0n) is 15.7. The zero-order valence-corrected chi connectivity index (χ0v) is 15.7. The fourth-order valence-corrected chi connectivity index (χ4v) is 3.44. The highest BCUT2D eigenvalue weighted by Gasteiger charge is 2.27. The van der Waals surface area contributed by atoms with E-state index in [1.54, 1.807) is 6.07 Å². The number of rotatable bonds is 6. The number of halogens is 1. The van der Waals surface area contributed by atoms with E-state index in [0.29, 0.717) is 6.42 Å². The summed E-state index contributed by atoms with van der Waals surface area (Å²) in [7, 11) is 0. The first kappa shape index (κ1) is 19.1. The number of aryl methyl sites for hydroxylation is 2. The molecule has 5 heteroatoms. The number of carbonyl (C=O) groups excluding carboxylic acids is 2. The van der Waals surface area contributed by atoms with Gasteiger partial charge < -0.3 is 10.6 Å². The fourth-order valence-electron chi connectivity index (χ4n) is 3.44. The van der Waals surface area contributed by atoms with Gasteiger partial charge >= 0.3 is 0 Å². The molecule has 1 aliphatic carbocycles. The first-order valence-electron chi connectivity index (χ1n) is 9.47. The van der Waals surface area contributed by atoms with Crippen LogP contribution < -0.4 is 10.6 Å². The van der Waals surface area contributed by atoms with Gasteiger partial charge in [-0.3, -0.25) is 9.59 Å². The molecule has 4 nitrogen and oxygen atoms in total. The highest BCUT2D eigenvalue weighted by Crippen LogP contribution is 2.25. The first-order valence-corrected chi connectivity index (χ1v) is 9.47. The minimum absolute atomic E-state index is 0.0591. The fraction of sp³-hybridized carbons (Fsp3) is 0.364. The summed E-state index contributed by atoms with van der Waals surface area (Å²) in [6.45, 7) is 3.85. The van der Waals surface area contributed by atoms with E-state index < -0.39 is 17.8 Å². The smallest absolute Gasteiger partial charge is 0.254 e. The molecular formula is C22H25FN2O2. The van der Waals surface area contributed by atoms with Crippen LogP contribution in [0.4, 0.5) is 10.1 Å². The lowest BCUT2D eigenvalue weighted by Gasteiger charge is -2.24. The van der Waals surface area contributed by atoms with Crippen molar-refractivity contribution in [2.45, 2.75) is 45.6 Å². The van der Waals surface area contributed by atoms with Gasteiger partial charge in [-0.1, -0.05) is 38.5 Å². The maximum Gasteiger partial charge on any atom is 0.254 e. The van der Waals surface area contributed by atoms with E-state index in [4.69, 9.17) is 0 Å². The highest BCUT2D eigenvalue weighted by atomic mass is 19.1. The van der Waals surface area contributed by atoms with E-state index in [0.717, 1.165) is 24.9 Å². The van der Waals surface area contributed by atoms with Crippen LogP contribution in [0.3, 0.4) is 0 Å². The molecule has 2 N–H and O–H groups in total. The van der Waals surface area contributed by atoms with Crippen molar-refractivity contribution < 1.29 is 14.0 Å². The first-order chi connectivity index (χ1) is 13.0. The minimum Gasteiger partial charge on any atom is -0.340 e. The number of hydrogen-bond donors (Lipinski definition) is 2. The standard InChI is InChI=1S/C22H25FN2O2/c1-3-14(2)20(25-21(26)18-9-4-5-10-19(18)23)22(27)24-17-12-11-15-7-6-8-16(15)13-17/h4-5,9-14,20H,3,6-8H2,1-2H3,(H,24,27)(H,25,26). The van der Waals surface area contributed by atoms with E-state index in [9.17, 15) is 14.0 Å². The Kier molecular flexibility index (Phi) is 5.89. The number of fused-ring (bicyclic) bond motifs is 1. The Bertz CT molecular complexity index is 850. The molecule has 2 unspecified atom stereocenters. The predicted octanol–water partition coefficient (Wildman–Crippen LogP) is 4.10. The summed E-state index contributed by atoms with van der Waals surface area (Å²) in [6, 6.07) is 11.0. The third-order valence-corrected chi connectivity index (χ3v) is 5.27. The Balaban J connectivity index is 1.75. The van der Waals surface area contributed by atoms with Gasteiger partial charge in [-0.05, 0) is 60.6 Å². The van der Waals surface area contributed by atoms with Crippen LogP contribution >= 0.6 is 0 Å². The van der Waals surface area contributed by atoms with Crippen molar-refractivity contribution in [3.8, 4) is 0 Å². The van der Waals surface area contributed by atoms with Gasteiger partial charge in [0.15, 0.2) is 0 Å². The van der Waals surface area contributed by atoms with Gasteiger partial charge in [0.25, 0.3) is 5.91 Å². The van der Waals surface area contributed by atoms with Crippen molar-refractivity contribution in [1.82, 2.24) is 5.32 Å². The molecule has 2 amide bonds. The molecule has 0 aromatic heterocycles. The Labute approximate surface area is 159 Å². The van der Waals surface area contributed by atoms with E-state index in [1.165, 1.54) is 29.3 Å². The summed E-state index contributed by atoms with van der Waals surface area (Å²) < 4.78 is 13.9. The van der Waals surface area contributed by atoms with Gasteiger partial charge in [0.05, 0.1) is 5.56 Å². The lowest BCUT2D eigenvalue weighted by atomic mass is 9.97. The molecule has 0 fully saturated rings. The highest BCUT2D eigenvalue weighted by molar-refractivity contribution is 6.01. The van der Waals surface area contributed by atoms with Crippen LogP contribution in [0.1, 0.15) is 48.2 Å². The maximum atomic E-state index is 13.9.